The first kappa shape index (κ1) is 8.52. The van der Waals surface area contributed by atoms with E-state index in [2.05, 4.69) is 9.47 Å². The molecule has 1 aliphatic heterocycles. The van der Waals surface area contributed by atoms with E-state index < -0.39 is 17.0 Å². The van der Waals surface area contributed by atoms with Crippen molar-refractivity contribution in [2.45, 2.75) is 13.0 Å². The summed E-state index contributed by atoms with van der Waals surface area (Å²) >= 11 is 0. The fourth-order valence-electron chi connectivity index (χ4n) is 0.772. The fraction of sp³-hybridized carbons (Fsp3) is 0.833. The van der Waals surface area contributed by atoms with Crippen LogP contribution in [0.15, 0.2) is 0 Å². The van der Waals surface area contributed by atoms with Gasteiger partial charge in [-0.2, -0.15) is 0 Å². The normalized spacial score (nSPS) is 25.9. The number of hydrogen-bond donors (Lipinski definition) is 0. The monoisotopic (exact) mass is 178 g/mol. The predicted molar refractivity (Wildman–Crippen MR) is 39.8 cm³/mol. The summed E-state index contributed by atoms with van der Waals surface area (Å²) in [7, 11) is -0.889. The molecule has 5 heteroatoms. The maximum Gasteiger partial charge on any atom is 0.508 e. The summed E-state index contributed by atoms with van der Waals surface area (Å²) in [6, 6.07) is 0. The van der Waals surface area contributed by atoms with Gasteiger partial charge >= 0.3 is 6.16 Å². The Bertz CT molecular complexity index is 179. The van der Waals surface area contributed by atoms with E-state index in [1.807, 2.05) is 6.92 Å². The molecule has 1 heterocycles. The largest absolute Gasteiger partial charge is 0.508 e. The van der Waals surface area contributed by atoms with Crippen LogP contribution in [0.5, 0.6) is 0 Å². The van der Waals surface area contributed by atoms with E-state index >= 15 is 0 Å². The molecule has 0 aromatic carbocycles. The van der Waals surface area contributed by atoms with Gasteiger partial charge in [-0.05, 0) is 0 Å². The second-order valence-corrected chi connectivity index (χ2v) is 3.99. The zero-order valence-electron chi connectivity index (χ0n) is 6.24. The van der Waals surface area contributed by atoms with Crippen LogP contribution in [0.1, 0.15) is 6.92 Å². The molecule has 0 N–H and O–H groups in total. The van der Waals surface area contributed by atoms with E-state index in [1.54, 1.807) is 0 Å². The van der Waals surface area contributed by atoms with E-state index in [9.17, 15) is 9.00 Å². The van der Waals surface area contributed by atoms with Crippen LogP contribution in [0, 0.1) is 0 Å². The first-order valence-electron chi connectivity index (χ1n) is 3.40. The van der Waals surface area contributed by atoms with E-state index in [-0.39, 0.29) is 12.7 Å². The van der Waals surface area contributed by atoms with Gasteiger partial charge in [-0.25, -0.2) is 4.79 Å². The summed E-state index contributed by atoms with van der Waals surface area (Å²) in [5.41, 5.74) is 0. The minimum absolute atomic E-state index is 0.241. The Morgan fingerprint density at radius 2 is 2.45 bits per heavy atom. The molecule has 0 saturated carbocycles. The highest BCUT2D eigenvalue weighted by atomic mass is 32.2. The van der Waals surface area contributed by atoms with Crippen LogP contribution in [0.4, 0.5) is 4.79 Å². The van der Waals surface area contributed by atoms with Gasteiger partial charge in [0, 0.05) is 16.6 Å². The second-order valence-electron chi connectivity index (χ2n) is 2.20. The van der Waals surface area contributed by atoms with Crippen molar-refractivity contribution in [3.63, 3.8) is 0 Å². The smallest absolute Gasteiger partial charge is 0.430 e. The van der Waals surface area contributed by atoms with Gasteiger partial charge in [0.25, 0.3) is 0 Å². The fourth-order valence-corrected chi connectivity index (χ4v) is 1.59. The van der Waals surface area contributed by atoms with Crippen LogP contribution in [-0.4, -0.2) is 34.6 Å². The molecule has 0 amide bonds. The summed E-state index contributed by atoms with van der Waals surface area (Å²) in [5, 5.41) is 0. The molecular weight excluding hydrogens is 168 g/mol. The van der Waals surface area contributed by atoms with E-state index in [1.165, 1.54) is 0 Å². The third kappa shape index (κ3) is 2.49. The lowest BCUT2D eigenvalue weighted by Gasteiger charge is -2.02. The maximum atomic E-state index is 10.9. The van der Waals surface area contributed by atoms with Crippen molar-refractivity contribution in [2.75, 3.05) is 18.1 Å². The number of carbonyl (C=O) groups is 1. The average molecular weight is 178 g/mol. The number of carbonyl (C=O) groups excluding carboxylic acids is 1. The summed E-state index contributed by atoms with van der Waals surface area (Å²) in [5.74, 6) is 0.982. The van der Waals surface area contributed by atoms with Crippen molar-refractivity contribution in [2.24, 2.45) is 0 Å². The van der Waals surface area contributed by atoms with Crippen molar-refractivity contribution >= 4 is 17.0 Å². The Morgan fingerprint density at radius 3 is 2.91 bits per heavy atom. The molecule has 2 unspecified atom stereocenters. The molecule has 0 aromatic rings. The van der Waals surface area contributed by atoms with Crippen molar-refractivity contribution < 1.29 is 18.5 Å². The zero-order chi connectivity index (χ0) is 8.27. The third-order valence-electron chi connectivity index (χ3n) is 1.34. The van der Waals surface area contributed by atoms with Gasteiger partial charge in [0.2, 0.25) is 0 Å². The van der Waals surface area contributed by atoms with E-state index in [0.717, 1.165) is 0 Å². The first-order valence-corrected chi connectivity index (χ1v) is 4.89. The van der Waals surface area contributed by atoms with Crippen molar-refractivity contribution in [3.8, 4) is 0 Å². The molecule has 0 aromatic heterocycles. The molecule has 0 radical (unpaired) electrons. The van der Waals surface area contributed by atoms with Gasteiger partial charge in [-0.1, -0.05) is 6.92 Å². The molecule has 1 aliphatic rings. The summed E-state index contributed by atoms with van der Waals surface area (Å²) < 4.78 is 20.1. The molecular formula is C6H10O4S. The van der Waals surface area contributed by atoms with Crippen molar-refractivity contribution in [3.05, 3.63) is 0 Å². The van der Waals surface area contributed by atoms with Gasteiger partial charge in [0.15, 0.2) is 6.10 Å². The average Bonchev–Trinajstić information content (AvgIpc) is 2.35. The lowest BCUT2D eigenvalue weighted by Crippen LogP contribution is -2.19. The highest BCUT2D eigenvalue weighted by Crippen LogP contribution is 2.06. The van der Waals surface area contributed by atoms with Crippen LogP contribution in [0.2, 0.25) is 0 Å². The quantitative estimate of drug-likeness (QED) is 0.583. The van der Waals surface area contributed by atoms with Gasteiger partial charge < -0.3 is 9.47 Å². The third-order valence-corrected chi connectivity index (χ3v) is 2.73. The highest BCUT2D eigenvalue weighted by molar-refractivity contribution is 7.84. The topological polar surface area (TPSA) is 52.6 Å². The molecule has 11 heavy (non-hydrogen) atoms. The molecule has 2 atom stereocenters. The van der Waals surface area contributed by atoms with Gasteiger partial charge in [0.1, 0.15) is 6.61 Å². The van der Waals surface area contributed by atoms with Crippen molar-refractivity contribution in [1.29, 1.82) is 0 Å². The number of hydrogen-bond acceptors (Lipinski definition) is 4. The lowest BCUT2D eigenvalue weighted by molar-refractivity contribution is 0.122. The summed E-state index contributed by atoms with van der Waals surface area (Å²) in [6.45, 7) is 2.07. The zero-order valence-corrected chi connectivity index (χ0v) is 7.06. The highest BCUT2D eigenvalue weighted by Gasteiger charge is 2.25. The minimum atomic E-state index is -0.889. The van der Waals surface area contributed by atoms with Gasteiger partial charge in [-0.3, -0.25) is 4.21 Å². The summed E-state index contributed by atoms with van der Waals surface area (Å²) in [6.07, 6.45) is -0.952. The Hall–Kier alpha value is -0.580. The van der Waals surface area contributed by atoms with E-state index in [0.29, 0.717) is 11.5 Å². The molecule has 1 fully saturated rings. The molecule has 1 rings (SSSR count). The number of ether oxygens (including phenoxy) is 2. The van der Waals surface area contributed by atoms with Gasteiger partial charge in [-0.15, -0.1) is 0 Å². The standard InChI is InChI=1S/C6H10O4S/c1-2-11(8)4-5-3-9-6(7)10-5/h5H,2-4H2,1H3. The van der Waals surface area contributed by atoms with Crippen LogP contribution >= 0.6 is 0 Å². The van der Waals surface area contributed by atoms with E-state index in [4.69, 9.17) is 0 Å². The molecule has 0 spiro atoms. The Balaban J connectivity index is 2.28. The van der Waals surface area contributed by atoms with Crippen LogP contribution in [0.3, 0.4) is 0 Å². The Kier molecular flexibility index (Phi) is 2.87. The Labute approximate surface area is 67.3 Å². The minimum Gasteiger partial charge on any atom is -0.430 e. The van der Waals surface area contributed by atoms with Crippen LogP contribution < -0.4 is 0 Å². The molecule has 1 saturated heterocycles. The maximum absolute atomic E-state index is 10.9. The van der Waals surface area contributed by atoms with Crippen molar-refractivity contribution in [1.82, 2.24) is 0 Å². The van der Waals surface area contributed by atoms with Gasteiger partial charge in [0.05, 0.1) is 5.75 Å². The molecule has 0 bridgehead atoms. The Morgan fingerprint density at radius 1 is 1.73 bits per heavy atom. The molecule has 0 aliphatic carbocycles. The van der Waals surface area contributed by atoms with Crippen LogP contribution in [0.25, 0.3) is 0 Å². The first-order chi connectivity index (χ1) is 5.22. The number of cyclic esters (lactones) is 2. The second kappa shape index (κ2) is 3.71. The predicted octanol–water partition coefficient (Wildman–Crippen LogP) is 0.290. The lowest BCUT2D eigenvalue weighted by atomic mass is 10.4. The van der Waals surface area contributed by atoms with Crippen LogP contribution in [-0.2, 0) is 20.3 Å². The molecule has 64 valence electrons. The SMILES string of the molecule is CCS(=O)CC1COC(=O)O1. The molecule has 4 nitrogen and oxygen atoms in total. The summed E-state index contributed by atoms with van der Waals surface area (Å²) in [4.78, 5) is 10.4. The number of rotatable bonds is 3.